The number of hydrogen-bond donors (Lipinski definition) is 0. The minimum Gasteiger partial charge on any atom is -0.461 e. The van der Waals surface area contributed by atoms with Crippen LogP contribution in [0.1, 0.15) is 24.0 Å². The number of ether oxygens (including phenoxy) is 1. The number of allylic oxidation sites excluding steroid dienone is 2. The molecule has 2 aromatic rings. The molecule has 0 bridgehead atoms. The van der Waals surface area contributed by atoms with E-state index in [1.807, 2.05) is 25.1 Å². The van der Waals surface area contributed by atoms with Crippen molar-refractivity contribution in [2.24, 2.45) is 0 Å². The second-order valence-electron chi connectivity index (χ2n) is 4.87. The van der Waals surface area contributed by atoms with E-state index in [1.165, 1.54) is 12.1 Å². The molecule has 0 fully saturated rings. The number of halogens is 2. The Kier molecular flexibility index (Phi) is 3.64. The number of hydrogen-bond acceptors (Lipinski definition) is 2. The standard InChI is InChI=1S/C17H12BrFO2/c1-10-17(11-2-5-13(19)6-3-11)15(9-20)14-8-12(18)4-7-16(14)21-10/h2-9,15H,1H3. The molecule has 0 radical (unpaired) electrons. The molecule has 2 nitrogen and oxygen atoms in total. The highest BCUT2D eigenvalue weighted by Gasteiger charge is 2.29. The largest absolute Gasteiger partial charge is 0.461 e. The van der Waals surface area contributed by atoms with Crippen molar-refractivity contribution in [3.05, 3.63) is 69.6 Å². The first-order valence-electron chi connectivity index (χ1n) is 6.49. The van der Waals surface area contributed by atoms with E-state index >= 15 is 0 Å². The van der Waals surface area contributed by atoms with Crippen LogP contribution in [0.15, 0.2) is 52.7 Å². The lowest BCUT2D eigenvalue weighted by Gasteiger charge is -2.27. The monoisotopic (exact) mass is 346 g/mol. The molecule has 21 heavy (non-hydrogen) atoms. The van der Waals surface area contributed by atoms with E-state index in [-0.39, 0.29) is 5.82 Å². The van der Waals surface area contributed by atoms with E-state index in [1.54, 1.807) is 12.1 Å². The van der Waals surface area contributed by atoms with Gasteiger partial charge >= 0.3 is 0 Å². The maximum atomic E-state index is 13.1. The van der Waals surface area contributed by atoms with Gasteiger partial charge in [-0.1, -0.05) is 28.1 Å². The summed E-state index contributed by atoms with van der Waals surface area (Å²) >= 11 is 3.41. The molecule has 0 spiro atoms. The van der Waals surface area contributed by atoms with Crippen LogP contribution in [0, 0.1) is 5.82 Å². The van der Waals surface area contributed by atoms with Gasteiger partial charge in [-0.25, -0.2) is 4.39 Å². The van der Waals surface area contributed by atoms with Crippen LogP contribution >= 0.6 is 15.9 Å². The first kappa shape index (κ1) is 14.0. The van der Waals surface area contributed by atoms with Crippen LogP contribution in [0.4, 0.5) is 4.39 Å². The molecule has 0 aromatic heterocycles. The van der Waals surface area contributed by atoms with Gasteiger partial charge in [0.05, 0.1) is 5.92 Å². The summed E-state index contributed by atoms with van der Waals surface area (Å²) in [6.45, 7) is 1.82. The van der Waals surface area contributed by atoms with Crippen LogP contribution in [0.3, 0.4) is 0 Å². The van der Waals surface area contributed by atoms with Gasteiger partial charge in [0.25, 0.3) is 0 Å². The van der Waals surface area contributed by atoms with Gasteiger partial charge in [0.2, 0.25) is 0 Å². The molecule has 1 aliphatic heterocycles. The predicted molar refractivity (Wildman–Crippen MR) is 82.6 cm³/mol. The second-order valence-corrected chi connectivity index (χ2v) is 5.79. The predicted octanol–water partition coefficient (Wildman–Crippen LogP) is 4.69. The van der Waals surface area contributed by atoms with Crippen LogP contribution in [0.2, 0.25) is 0 Å². The van der Waals surface area contributed by atoms with E-state index in [9.17, 15) is 9.18 Å². The Morgan fingerprint density at radius 2 is 1.90 bits per heavy atom. The average Bonchev–Trinajstić information content (AvgIpc) is 2.47. The van der Waals surface area contributed by atoms with E-state index in [4.69, 9.17) is 4.74 Å². The summed E-state index contributed by atoms with van der Waals surface area (Å²) in [7, 11) is 0. The normalized spacial score (nSPS) is 17.2. The number of fused-ring (bicyclic) bond motifs is 1. The second kappa shape index (κ2) is 5.45. The maximum absolute atomic E-state index is 13.1. The molecule has 1 unspecified atom stereocenters. The summed E-state index contributed by atoms with van der Waals surface area (Å²) in [5.74, 6) is 0.614. The van der Waals surface area contributed by atoms with Crippen molar-refractivity contribution in [3.8, 4) is 5.75 Å². The zero-order valence-corrected chi connectivity index (χ0v) is 12.9. The smallest absolute Gasteiger partial charge is 0.132 e. The summed E-state index contributed by atoms with van der Waals surface area (Å²) in [6, 6.07) is 11.7. The fourth-order valence-electron chi connectivity index (χ4n) is 2.60. The van der Waals surface area contributed by atoms with Crippen molar-refractivity contribution in [2.45, 2.75) is 12.8 Å². The Bertz CT molecular complexity index is 735. The first-order valence-corrected chi connectivity index (χ1v) is 7.28. The number of benzene rings is 2. The quantitative estimate of drug-likeness (QED) is 0.737. The zero-order valence-electron chi connectivity index (χ0n) is 11.3. The van der Waals surface area contributed by atoms with E-state index < -0.39 is 5.92 Å². The average molecular weight is 347 g/mol. The van der Waals surface area contributed by atoms with Crippen LogP contribution in [0.5, 0.6) is 5.75 Å². The Balaban J connectivity index is 2.15. The van der Waals surface area contributed by atoms with Gasteiger partial charge in [-0.15, -0.1) is 0 Å². The Morgan fingerprint density at radius 3 is 2.57 bits per heavy atom. The lowest BCUT2D eigenvalue weighted by atomic mass is 9.85. The molecule has 2 aromatic carbocycles. The molecule has 1 heterocycles. The van der Waals surface area contributed by atoms with Gasteiger partial charge in [0, 0.05) is 15.6 Å². The first-order chi connectivity index (χ1) is 10.1. The van der Waals surface area contributed by atoms with Crippen LogP contribution in [-0.4, -0.2) is 6.29 Å². The fourth-order valence-corrected chi connectivity index (χ4v) is 2.98. The van der Waals surface area contributed by atoms with Crippen LogP contribution in [0.25, 0.3) is 5.57 Å². The molecular weight excluding hydrogens is 335 g/mol. The van der Waals surface area contributed by atoms with Crippen molar-refractivity contribution in [1.82, 2.24) is 0 Å². The zero-order chi connectivity index (χ0) is 15.0. The van der Waals surface area contributed by atoms with Crippen LogP contribution in [-0.2, 0) is 4.79 Å². The van der Waals surface area contributed by atoms with Crippen molar-refractivity contribution < 1.29 is 13.9 Å². The SMILES string of the molecule is CC1=C(c2ccc(F)cc2)C(C=O)c2cc(Br)ccc2O1. The minimum atomic E-state index is -0.420. The number of carbonyl (C=O) groups excluding carboxylic acids is 1. The van der Waals surface area contributed by atoms with Gasteiger partial charge in [0.15, 0.2) is 0 Å². The molecular formula is C17H12BrFO2. The molecule has 0 saturated carbocycles. The summed E-state index contributed by atoms with van der Waals surface area (Å²) in [6.07, 6.45) is 0.899. The third kappa shape index (κ3) is 2.51. The van der Waals surface area contributed by atoms with E-state index in [0.29, 0.717) is 11.5 Å². The van der Waals surface area contributed by atoms with Crippen LogP contribution < -0.4 is 4.74 Å². The number of carbonyl (C=O) groups is 1. The molecule has 3 rings (SSSR count). The van der Waals surface area contributed by atoms with E-state index in [0.717, 1.165) is 27.5 Å². The van der Waals surface area contributed by atoms with Gasteiger partial charge in [-0.2, -0.15) is 0 Å². The Labute approximate surface area is 130 Å². The topological polar surface area (TPSA) is 26.3 Å². The summed E-state index contributed by atoms with van der Waals surface area (Å²) < 4.78 is 19.8. The molecule has 4 heteroatoms. The summed E-state index contributed by atoms with van der Waals surface area (Å²) in [5, 5.41) is 0. The van der Waals surface area contributed by atoms with Gasteiger partial charge in [0.1, 0.15) is 23.6 Å². The summed E-state index contributed by atoms with van der Waals surface area (Å²) in [4.78, 5) is 11.7. The highest BCUT2D eigenvalue weighted by molar-refractivity contribution is 9.10. The fraction of sp³-hybridized carbons (Fsp3) is 0.118. The van der Waals surface area contributed by atoms with E-state index in [2.05, 4.69) is 15.9 Å². The lowest BCUT2D eigenvalue weighted by molar-refractivity contribution is -0.108. The van der Waals surface area contributed by atoms with Crippen molar-refractivity contribution in [2.75, 3.05) is 0 Å². The molecule has 0 aliphatic carbocycles. The number of aldehydes is 1. The Hall–Kier alpha value is -1.94. The van der Waals surface area contributed by atoms with Crippen molar-refractivity contribution in [3.63, 3.8) is 0 Å². The molecule has 1 atom stereocenters. The lowest BCUT2D eigenvalue weighted by Crippen LogP contribution is -2.15. The third-order valence-corrected chi connectivity index (χ3v) is 4.04. The molecule has 0 amide bonds. The maximum Gasteiger partial charge on any atom is 0.132 e. The van der Waals surface area contributed by atoms with Gasteiger partial charge in [-0.05, 0) is 42.8 Å². The molecule has 106 valence electrons. The van der Waals surface area contributed by atoms with Gasteiger partial charge < -0.3 is 9.53 Å². The molecule has 0 N–H and O–H groups in total. The molecule has 1 aliphatic rings. The minimum absolute atomic E-state index is 0.306. The van der Waals surface area contributed by atoms with Gasteiger partial charge in [-0.3, -0.25) is 0 Å². The highest BCUT2D eigenvalue weighted by atomic mass is 79.9. The highest BCUT2D eigenvalue weighted by Crippen LogP contribution is 2.43. The summed E-state index contributed by atoms with van der Waals surface area (Å²) in [5.41, 5.74) is 2.37. The van der Waals surface area contributed by atoms with Crippen molar-refractivity contribution >= 4 is 27.8 Å². The number of rotatable bonds is 2. The van der Waals surface area contributed by atoms with Crippen molar-refractivity contribution in [1.29, 1.82) is 0 Å². The Morgan fingerprint density at radius 1 is 1.19 bits per heavy atom. The molecule has 0 saturated heterocycles. The third-order valence-electron chi connectivity index (χ3n) is 3.55.